The fraction of sp³-hybridized carbons (Fsp3) is 0.0769. The Morgan fingerprint density at radius 3 is 2.71 bits per heavy atom. The molecule has 2 heterocycles. The number of nitrogens with one attached hydrogen (secondary N) is 1. The molecule has 0 spiro atoms. The van der Waals surface area contributed by atoms with Crippen LogP contribution in [0.15, 0.2) is 47.6 Å². The SMILES string of the molecule is Cn1ncc2cccc(NS(=O)(=O)c3cc[c]([Sn])nc3)c21. The summed E-state index contributed by atoms with van der Waals surface area (Å²) in [5.74, 6) is 0. The average molecular weight is 406 g/mol. The molecule has 0 aliphatic heterocycles. The van der Waals surface area contributed by atoms with E-state index in [2.05, 4.69) is 14.8 Å². The summed E-state index contributed by atoms with van der Waals surface area (Å²) in [6.07, 6.45) is 3.07. The van der Waals surface area contributed by atoms with Crippen LogP contribution >= 0.6 is 0 Å². The average Bonchev–Trinajstić information content (AvgIpc) is 2.82. The molecule has 0 saturated heterocycles. The van der Waals surface area contributed by atoms with E-state index in [1.165, 1.54) is 6.20 Å². The number of rotatable bonds is 3. The van der Waals surface area contributed by atoms with Crippen LogP contribution < -0.4 is 8.43 Å². The van der Waals surface area contributed by atoms with Crippen LogP contribution in [0.4, 0.5) is 5.69 Å². The van der Waals surface area contributed by atoms with Gasteiger partial charge in [0.15, 0.2) is 0 Å². The van der Waals surface area contributed by atoms with Gasteiger partial charge in [0.2, 0.25) is 0 Å². The molecule has 0 atom stereocenters. The van der Waals surface area contributed by atoms with E-state index >= 15 is 0 Å². The summed E-state index contributed by atoms with van der Waals surface area (Å²) in [5, 5.41) is 5.02. The molecule has 1 aromatic carbocycles. The molecule has 2 aromatic heterocycles. The standard InChI is InChI=1S/C13H11N4O2S.Sn/c1-17-13-10(8-15-17)4-2-6-12(13)16-20(18,19)11-5-3-7-14-9-11;/h2-6,8-9,16H,1H3;. The number of fused-ring (bicyclic) bond motifs is 1. The van der Waals surface area contributed by atoms with Gasteiger partial charge in [-0.3, -0.25) is 0 Å². The van der Waals surface area contributed by atoms with Crippen LogP contribution in [0.2, 0.25) is 0 Å². The third-order valence-electron chi connectivity index (χ3n) is 3.05. The Kier molecular flexibility index (Phi) is 3.62. The molecule has 0 saturated carbocycles. The van der Waals surface area contributed by atoms with Gasteiger partial charge >= 0.3 is 135 Å². The van der Waals surface area contributed by atoms with Gasteiger partial charge in [-0.2, -0.15) is 0 Å². The second kappa shape index (κ2) is 5.30. The number of nitrogens with zero attached hydrogens (tertiary/aromatic N) is 3. The van der Waals surface area contributed by atoms with Crippen LogP contribution in [-0.4, -0.2) is 45.7 Å². The topological polar surface area (TPSA) is 76.9 Å². The third-order valence-corrected chi connectivity index (χ3v) is 5.25. The van der Waals surface area contributed by atoms with Crippen molar-refractivity contribution in [1.82, 2.24) is 14.8 Å². The number of aromatic nitrogens is 3. The fourth-order valence-electron chi connectivity index (χ4n) is 2.06. The van der Waals surface area contributed by atoms with Gasteiger partial charge in [-0.1, -0.05) is 0 Å². The van der Waals surface area contributed by atoms with Crippen molar-refractivity contribution in [2.75, 3.05) is 4.72 Å². The van der Waals surface area contributed by atoms with Gasteiger partial charge in [-0.25, -0.2) is 0 Å². The van der Waals surface area contributed by atoms with Crippen molar-refractivity contribution < 1.29 is 8.42 Å². The number of anilines is 1. The first kappa shape index (κ1) is 14.3. The van der Waals surface area contributed by atoms with Crippen LogP contribution in [0.5, 0.6) is 0 Å². The number of benzene rings is 1. The summed E-state index contributed by atoms with van der Waals surface area (Å²) >= 11 is 1.15. The van der Waals surface area contributed by atoms with E-state index in [-0.39, 0.29) is 4.90 Å². The Balaban J connectivity index is 2.05. The third kappa shape index (κ3) is 2.75. The monoisotopic (exact) mass is 407 g/mol. The summed E-state index contributed by atoms with van der Waals surface area (Å²) < 4.78 is 29.9. The van der Waals surface area contributed by atoms with Crippen LogP contribution in [0, 0.1) is 0 Å². The molecule has 0 amide bonds. The first-order valence-corrected chi connectivity index (χ1v) is 8.99. The Hall–Kier alpha value is -1.61. The predicted octanol–water partition coefficient (Wildman–Crippen LogP) is 0.563. The number of sulfonamides is 1. The molecule has 8 heteroatoms. The van der Waals surface area contributed by atoms with E-state index in [9.17, 15) is 8.42 Å². The van der Waals surface area contributed by atoms with Crippen LogP contribution in [0.1, 0.15) is 0 Å². The van der Waals surface area contributed by atoms with Crippen LogP contribution in [0.3, 0.4) is 0 Å². The van der Waals surface area contributed by atoms with E-state index in [0.29, 0.717) is 5.69 Å². The van der Waals surface area contributed by atoms with E-state index in [1.54, 1.807) is 42.2 Å². The second-order valence-electron chi connectivity index (χ2n) is 4.50. The first-order chi connectivity index (χ1) is 9.97. The minimum atomic E-state index is -3.66. The van der Waals surface area contributed by atoms with Crippen molar-refractivity contribution in [2.24, 2.45) is 7.05 Å². The molecule has 0 unspecified atom stereocenters. The number of pyridine rings is 1. The molecule has 3 rings (SSSR count). The predicted molar refractivity (Wildman–Crippen MR) is 81.1 cm³/mol. The summed E-state index contributed by atoms with van der Waals surface area (Å²) in [5.41, 5.74) is 1.24. The van der Waals surface area contributed by atoms with Crippen molar-refractivity contribution in [3.8, 4) is 0 Å². The minimum absolute atomic E-state index is 0.146. The summed E-state index contributed by atoms with van der Waals surface area (Å²) in [7, 11) is -1.89. The molecule has 1 N–H and O–H groups in total. The van der Waals surface area contributed by atoms with Crippen molar-refractivity contribution in [1.29, 1.82) is 0 Å². The molecule has 0 fully saturated rings. The van der Waals surface area contributed by atoms with Gasteiger partial charge in [0.1, 0.15) is 0 Å². The normalized spacial score (nSPS) is 11.7. The van der Waals surface area contributed by atoms with Crippen LogP contribution in [-0.2, 0) is 17.1 Å². The maximum absolute atomic E-state index is 12.4. The number of hydrogen-bond acceptors (Lipinski definition) is 4. The van der Waals surface area contributed by atoms with E-state index in [0.717, 1.165) is 37.1 Å². The van der Waals surface area contributed by atoms with E-state index < -0.39 is 10.0 Å². The van der Waals surface area contributed by atoms with Crippen molar-refractivity contribution in [2.45, 2.75) is 4.90 Å². The number of para-hydroxylation sites is 1. The molecule has 0 aliphatic rings. The van der Waals surface area contributed by atoms with Crippen molar-refractivity contribution >= 4 is 52.8 Å². The summed E-state index contributed by atoms with van der Waals surface area (Å²) in [4.78, 5) is 4.21. The van der Waals surface area contributed by atoms with E-state index in [4.69, 9.17) is 0 Å². The van der Waals surface area contributed by atoms with Gasteiger partial charge in [-0.15, -0.1) is 0 Å². The summed E-state index contributed by atoms with van der Waals surface area (Å²) in [6, 6.07) is 8.66. The van der Waals surface area contributed by atoms with Gasteiger partial charge in [-0.05, 0) is 0 Å². The zero-order valence-electron chi connectivity index (χ0n) is 11.1. The Labute approximate surface area is 135 Å². The maximum atomic E-state index is 12.4. The Morgan fingerprint density at radius 1 is 1.19 bits per heavy atom. The molecular formula is C13H11N4O2SSn. The Morgan fingerprint density at radius 2 is 2.00 bits per heavy atom. The molecule has 21 heavy (non-hydrogen) atoms. The molecular weight excluding hydrogens is 395 g/mol. The molecule has 0 bridgehead atoms. The Bertz CT molecular complexity index is 904. The van der Waals surface area contributed by atoms with E-state index in [1.807, 2.05) is 6.07 Å². The summed E-state index contributed by atoms with van der Waals surface area (Å²) in [6.45, 7) is 0. The van der Waals surface area contributed by atoms with Gasteiger partial charge < -0.3 is 0 Å². The first-order valence-electron chi connectivity index (χ1n) is 6.08. The fourth-order valence-corrected chi connectivity index (χ4v) is 3.49. The molecule has 3 aromatic rings. The molecule has 6 nitrogen and oxygen atoms in total. The van der Waals surface area contributed by atoms with Crippen molar-refractivity contribution in [3.63, 3.8) is 0 Å². The van der Waals surface area contributed by atoms with Gasteiger partial charge in [0.05, 0.1) is 0 Å². The van der Waals surface area contributed by atoms with Crippen molar-refractivity contribution in [3.05, 3.63) is 42.7 Å². The number of hydrogen-bond donors (Lipinski definition) is 1. The molecule has 3 radical (unpaired) electrons. The molecule has 0 aliphatic carbocycles. The van der Waals surface area contributed by atoms with Gasteiger partial charge in [0.25, 0.3) is 0 Å². The zero-order chi connectivity index (χ0) is 15.0. The van der Waals surface area contributed by atoms with Crippen LogP contribution in [0.25, 0.3) is 10.9 Å². The molecule has 105 valence electrons. The zero-order valence-corrected chi connectivity index (χ0v) is 14.8. The second-order valence-corrected chi connectivity index (χ2v) is 7.64. The van der Waals surface area contributed by atoms with Gasteiger partial charge in [0, 0.05) is 0 Å². The number of aryl methyl sites for hydroxylation is 1. The quantitative estimate of drug-likeness (QED) is 0.646.